The molecule has 0 saturated carbocycles. The quantitative estimate of drug-likeness (QED) is 0.705. The number of nitrogens with one attached hydrogen (secondary N) is 1. The number of aryl methyl sites for hydroxylation is 1. The van der Waals surface area contributed by atoms with E-state index in [1.165, 1.54) is 7.11 Å². The van der Waals surface area contributed by atoms with Crippen molar-refractivity contribution >= 4 is 23.6 Å². The minimum atomic E-state index is -0.594. The number of hydrogen-bond acceptors (Lipinski definition) is 5. The van der Waals surface area contributed by atoms with Gasteiger partial charge in [-0.05, 0) is 37.0 Å². The maximum Gasteiger partial charge on any atom is 0.328 e. The van der Waals surface area contributed by atoms with Crippen molar-refractivity contribution in [3.8, 4) is 5.75 Å². The number of methoxy groups -OCH3 is 1. The lowest BCUT2D eigenvalue weighted by molar-refractivity contribution is -0.145. The van der Waals surface area contributed by atoms with Gasteiger partial charge in [-0.15, -0.1) is 0 Å². The fraction of sp³-hybridized carbons (Fsp3) is 0.500. The summed E-state index contributed by atoms with van der Waals surface area (Å²) in [5, 5.41) is 2.70. The average molecular weight is 325 g/mol. The lowest BCUT2D eigenvalue weighted by Crippen LogP contribution is -2.42. The standard InChI is InChI=1S/C16H23NO4S/c1-12-6-4-5-7-14(12)21-10-8-15(18)17-13(9-11-22-3)16(19)20-2/h4-7,13H,8-11H2,1-3H3,(H,17,18)/t13-/m0/s1. The van der Waals surface area contributed by atoms with Crippen molar-refractivity contribution in [2.45, 2.75) is 25.8 Å². The SMILES string of the molecule is COC(=O)[C@H](CCSC)NC(=O)CCOc1ccccc1C. The van der Waals surface area contributed by atoms with Crippen LogP contribution in [-0.2, 0) is 14.3 Å². The minimum absolute atomic E-state index is 0.196. The number of rotatable bonds is 9. The molecule has 0 unspecified atom stereocenters. The first kappa shape index (κ1) is 18.4. The Hall–Kier alpha value is -1.69. The minimum Gasteiger partial charge on any atom is -0.493 e. The Morgan fingerprint density at radius 1 is 1.32 bits per heavy atom. The van der Waals surface area contributed by atoms with E-state index >= 15 is 0 Å². The largest absolute Gasteiger partial charge is 0.493 e. The number of para-hydroxylation sites is 1. The van der Waals surface area contributed by atoms with E-state index < -0.39 is 12.0 Å². The van der Waals surface area contributed by atoms with Crippen LogP contribution in [0.4, 0.5) is 0 Å². The lowest BCUT2D eigenvalue weighted by atomic mass is 10.2. The predicted molar refractivity (Wildman–Crippen MR) is 88.2 cm³/mol. The predicted octanol–water partition coefficient (Wildman–Crippen LogP) is 2.17. The van der Waals surface area contributed by atoms with E-state index in [0.29, 0.717) is 6.42 Å². The van der Waals surface area contributed by atoms with E-state index in [1.54, 1.807) is 11.8 Å². The van der Waals surface area contributed by atoms with Crippen LogP contribution in [0, 0.1) is 6.92 Å². The van der Waals surface area contributed by atoms with Crippen molar-refractivity contribution in [2.24, 2.45) is 0 Å². The van der Waals surface area contributed by atoms with Gasteiger partial charge in [-0.3, -0.25) is 4.79 Å². The van der Waals surface area contributed by atoms with Crippen molar-refractivity contribution < 1.29 is 19.1 Å². The number of amides is 1. The molecule has 6 heteroatoms. The Bertz CT molecular complexity index is 493. The first-order chi connectivity index (χ1) is 10.6. The van der Waals surface area contributed by atoms with Crippen LogP contribution in [-0.4, -0.2) is 43.6 Å². The van der Waals surface area contributed by atoms with Gasteiger partial charge in [0.15, 0.2) is 0 Å². The first-order valence-electron chi connectivity index (χ1n) is 7.13. The molecule has 1 aromatic carbocycles. The number of ether oxygens (including phenoxy) is 2. The third-order valence-corrected chi connectivity index (χ3v) is 3.76. The molecular formula is C16H23NO4S. The van der Waals surface area contributed by atoms with Crippen molar-refractivity contribution in [3.05, 3.63) is 29.8 Å². The molecule has 0 aromatic heterocycles. The molecule has 1 amide bonds. The zero-order chi connectivity index (χ0) is 16.4. The van der Waals surface area contributed by atoms with Gasteiger partial charge in [-0.25, -0.2) is 4.79 Å². The maximum atomic E-state index is 11.9. The molecule has 5 nitrogen and oxygen atoms in total. The molecule has 0 aliphatic rings. The van der Waals surface area contributed by atoms with E-state index in [2.05, 4.69) is 5.32 Å². The third-order valence-electron chi connectivity index (χ3n) is 3.11. The Kier molecular flexibility index (Phi) is 8.43. The molecule has 0 bridgehead atoms. The lowest BCUT2D eigenvalue weighted by Gasteiger charge is -2.16. The van der Waals surface area contributed by atoms with Gasteiger partial charge in [0.05, 0.1) is 20.1 Å². The Morgan fingerprint density at radius 2 is 2.05 bits per heavy atom. The smallest absolute Gasteiger partial charge is 0.328 e. The van der Waals surface area contributed by atoms with Crippen LogP contribution in [0.3, 0.4) is 0 Å². The van der Waals surface area contributed by atoms with Gasteiger partial charge in [-0.1, -0.05) is 18.2 Å². The normalized spacial score (nSPS) is 11.6. The van der Waals surface area contributed by atoms with Gasteiger partial charge in [0.25, 0.3) is 0 Å². The topological polar surface area (TPSA) is 64.6 Å². The van der Waals surface area contributed by atoms with Crippen molar-refractivity contribution in [2.75, 3.05) is 25.7 Å². The molecule has 22 heavy (non-hydrogen) atoms. The Labute approximate surface area is 135 Å². The second kappa shape index (κ2) is 10.1. The van der Waals surface area contributed by atoms with E-state index in [9.17, 15) is 9.59 Å². The molecular weight excluding hydrogens is 302 g/mol. The summed E-state index contributed by atoms with van der Waals surface area (Å²) >= 11 is 1.62. The summed E-state index contributed by atoms with van der Waals surface area (Å²) in [7, 11) is 1.32. The highest BCUT2D eigenvalue weighted by atomic mass is 32.2. The van der Waals surface area contributed by atoms with E-state index in [4.69, 9.17) is 9.47 Å². The summed E-state index contributed by atoms with van der Waals surface area (Å²) in [6, 6.07) is 7.04. The van der Waals surface area contributed by atoms with Crippen molar-refractivity contribution in [1.82, 2.24) is 5.32 Å². The van der Waals surface area contributed by atoms with Crippen LogP contribution < -0.4 is 10.1 Å². The summed E-state index contributed by atoms with van der Waals surface area (Å²) < 4.78 is 10.3. The molecule has 122 valence electrons. The van der Waals surface area contributed by atoms with Crippen LogP contribution in [0.15, 0.2) is 24.3 Å². The second-order valence-corrected chi connectivity index (χ2v) is 5.77. The highest BCUT2D eigenvalue weighted by Crippen LogP contribution is 2.16. The number of thioether (sulfide) groups is 1. The fourth-order valence-electron chi connectivity index (χ4n) is 1.87. The number of esters is 1. The number of benzene rings is 1. The van der Waals surface area contributed by atoms with Gasteiger partial charge < -0.3 is 14.8 Å². The molecule has 0 spiro atoms. The van der Waals surface area contributed by atoms with E-state index in [0.717, 1.165) is 17.1 Å². The van der Waals surface area contributed by atoms with Gasteiger partial charge in [-0.2, -0.15) is 11.8 Å². The Morgan fingerprint density at radius 3 is 2.68 bits per heavy atom. The average Bonchev–Trinajstić information content (AvgIpc) is 2.52. The molecule has 0 saturated heterocycles. The molecule has 1 rings (SSSR count). The molecule has 0 radical (unpaired) electrons. The summed E-state index contributed by atoms with van der Waals surface area (Å²) in [6.07, 6.45) is 2.70. The molecule has 0 heterocycles. The van der Waals surface area contributed by atoms with Crippen LogP contribution in [0.25, 0.3) is 0 Å². The van der Waals surface area contributed by atoms with Crippen LogP contribution in [0.5, 0.6) is 5.75 Å². The second-order valence-electron chi connectivity index (χ2n) is 4.79. The van der Waals surface area contributed by atoms with Gasteiger partial charge in [0, 0.05) is 0 Å². The zero-order valence-corrected chi connectivity index (χ0v) is 14.1. The molecule has 0 aliphatic heterocycles. The summed E-state index contributed by atoms with van der Waals surface area (Å²) in [4.78, 5) is 23.5. The summed E-state index contributed by atoms with van der Waals surface area (Å²) in [5.41, 5.74) is 1.02. The van der Waals surface area contributed by atoms with Gasteiger partial charge in [0.2, 0.25) is 5.91 Å². The summed E-state index contributed by atoms with van der Waals surface area (Å²) in [5.74, 6) is 0.911. The molecule has 1 N–H and O–H groups in total. The molecule has 1 aromatic rings. The van der Waals surface area contributed by atoms with Crippen LogP contribution in [0.2, 0.25) is 0 Å². The molecule has 0 aliphatic carbocycles. The monoisotopic (exact) mass is 325 g/mol. The van der Waals surface area contributed by atoms with Crippen molar-refractivity contribution in [1.29, 1.82) is 0 Å². The molecule has 1 atom stereocenters. The number of hydrogen-bond donors (Lipinski definition) is 1. The third kappa shape index (κ3) is 6.39. The van der Waals surface area contributed by atoms with Crippen LogP contribution >= 0.6 is 11.8 Å². The highest BCUT2D eigenvalue weighted by Gasteiger charge is 2.20. The van der Waals surface area contributed by atoms with E-state index in [1.807, 2.05) is 37.4 Å². The fourth-order valence-corrected chi connectivity index (χ4v) is 2.34. The number of carbonyl (C=O) groups excluding carboxylic acids is 2. The molecule has 0 fully saturated rings. The van der Waals surface area contributed by atoms with Gasteiger partial charge >= 0.3 is 5.97 Å². The zero-order valence-electron chi connectivity index (χ0n) is 13.3. The summed E-state index contributed by atoms with van der Waals surface area (Å²) in [6.45, 7) is 2.22. The number of carbonyl (C=O) groups is 2. The van der Waals surface area contributed by atoms with E-state index in [-0.39, 0.29) is 18.9 Å². The van der Waals surface area contributed by atoms with Gasteiger partial charge in [0.1, 0.15) is 11.8 Å². The van der Waals surface area contributed by atoms with Crippen LogP contribution in [0.1, 0.15) is 18.4 Å². The maximum absolute atomic E-state index is 11.9. The highest BCUT2D eigenvalue weighted by molar-refractivity contribution is 7.98. The van der Waals surface area contributed by atoms with Crippen molar-refractivity contribution in [3.63, 3.8) is 0 Å². The first-order valence-corrected chi connectivity index (χ1v) is 8.52. The Balaban J connectivity index is 2.40.